The van der Waals surface area contributed by atoms with Crippen molar-refractivity contribution < 1.29 is 14.3 Å². The molecule has 0 radical (unpaired) electrons. The second-order valence-corrected chi connectivity index (χ2v) is 9.45. The number of fused-ring (bicyclic) bond motifs is 1. The number of imidazole rings is 1. The first-order chi connectivity index (χ1) is 18.1. The fraction of sp³-hybridized carbons (Fsp3) is 0.333. The molecule has 0 fully saturated rings. The first kappa shape index (κ1) is 26.6. The summed E-state index contributed by atoms with van der Waals surface area (Å²) in [5.74, 6) is 2.78. The maximum atomic E-state index is 12.2. The molecule has 0 spiro atoms. The number of nitrogens with zero attached hydrogens (tertiary/aromatic N) is 2. The minimum atomic E-state index is 0.0489. The minimum Gasteiger partial charge on any atom is -0.497 e. The van der Waals surface area contributed by atoms with Crippen LogP contribution < -0.4 is 14.8 Å². The summed E-state index contributed by atoms with van der Waals surface area (Å²) in [6.45, 7) is 2.17. The van der Waals surface area contributed by atoms with Crippen LogP contribution in [0.3, 0.4) is 0 Å². The van der Waals surface area contributed by atoms with Gasteiger partial charge in [0.15, 0.2) is 0 Å². The van der Waals surface area contributed by atoms with E-state index in [-0.39, 0.29) is 5.91 Å². The number of aryl methyl sites for hydroxylation is 2. The highest BCUT2D eigenvalue weighted by Gasteiger charge is 2.10. The van der Waals surface area contributed by atoms with Gasteiger partial charge in [0.2, 0.25) is 5.91 Å². The number of carbonyl (C=O) groups excluding carboxylic acids is 1. The molecule has 0 bridgehead atoms. The average molecular weight is 520 g/mol. The largest absolute Gasteiger partial charge is 0.497 e. The van der Waals surface area contributed by atoms with E-state index in [2.05, 4.69) is 28.1 Å². The lowest BCUT2D eigenvalue weighted by atomic mass is 10.1. The maximum absolute atomic E-state index is 12.2. The Morgan fingerprint density at radius 2 is 1.68 bits per heavy atom. The van der Waals surface area contributed by atoms with Crippen molar-refractivity contribution in [1.82, 2.24) is 14.9 Å². The third-order valence-electron chi connectivity index (χ3n) is 6.27. The lowest BCUT2D eigenvalue weighted by molar-refractivity contribution is -0.120. The van der Waals surface area contributed by atoms with Crippen LogP contribution in [0.5, 0.6) is 11.5 Å². The van der Waals surface area contributed by atoms with Crippen molar-refractivity contribution in [2.75, 3.05) is 20.3 Å². The Bertz CT molecular complexity index is 1270. The zero-order chi connectivity index (χ0) is 25.9. The predicted molar refractivity (Wildman–Crippen MR) is 149 cm³/mol. The van der Waals surface area contributed by atoms with Crippen molar-refractivity contribution in [3.8, 4) is 11.5 Å². The standard InChI is InChI=1S/C30H34ClN3O3/c1-36-25-15-11-23(12-16-25)22-30(35)32-19-6-2-3-10-29-33-27-8-4-5-9-28(27)34(29)20-7-21-37-26-17-13-24(31)14-18-26/h4-5,8-9,11-18H,2-3,6-7,10,19-22H2,1H3,(H,32,35). The van der Waals surface area contributed by atoms with Gasteiger partial charge in [0.05, 0.1) is 31.2 Å². The zero-order valence-corrected chi connectivity index (χ0v) is 22.0. The molecule has 0 aliphatic heterocycles. The lowest BCUT2D eigenvalue weighted by Crippen LogP contribution is -2.26. The molecule has 4 rings (SSSR count). The van der Waals surface area contributed by atoms with Gasteiger partial charge in [0.25, 0.3) is 0 Å². The molecule has 0 atom stereocenters. The number of amides is 1. The number of rotatable bonds is 14. The number of aromatic nitrogens is 2. The summed E-state index contributed by atoms with van der Waals surface area (Å²) in [4.78, 5) is 17.1. The highest BCUT2D eigenvalue weighted by molar-refractivity contribution is 6.30. The predicted octanol–water partition coefficient (Wildman–Crippen LogP) is 6.24. The Hall–Kier alpha value is -3.51. The number of unbranched alkanes of at least 4 members (excludes halogenated alkanes) is 2. The molecule has 4 aromatic rings. The second-order valence-electron chi connectivity index (χ2n) is 9.01. The van der Waals surface area contributed by atoms with E-state index in [1.54, 1.807) is 7.11 Å². The Balaban J connectivity index is 1.19. The van der Waals surface area contributed by atoms with Crippen LogP contribution in [0, 0.1) is 0 Å². The van der Waals surface area contributed by atoms with Crippen LogP contribution in [-0.2, 0) is 24.2 Å². The van der Waals surface area contributed by atoms with Crippen molar-refractivity contribution in [2.45, 2.75) is 45.1 Å². The summed E-state index contributed by atoms with van der Waals surface area (Å²) in [6.07, 6.45) is 5.19. The lowest BCUT2D eigenvalue weighted by Gasteiger charge is -2.11. The summed E-state index contributed by atoms with van der Waals surface area (Å²) in [5, 5.41) is 3.74. The summed E-state index contributed by atoms with van der Waals surface area (Å²) in [6, 6.07) is 23.3. The topological polar surface area (TPSA) is 65.4 Å². The summed E-state index contributed by atoms with van der Waals surface area (Å²) < 4.78 is 13.3. The SMILES string of the molecule is COc1ccc(CC(=O)NCCCCCc2nc3ccccc3n2CCCOc2ccc(Cl)cc2)cc1. The van der Waals surface area contributed by atoms with Crippen LogP contribution in [-0.4, -0.2) is 35.7 Å². The van der Waals surface area contributed by atoms with Gasteiger partial charge < -0.3 is 19.4 Å². The molecule has 0 saturated carbocycles. The first-order valence-corrected chi connectivity index (χ1v) is 13.2. The summed E-state index contributed by atoms with van der Waals surface area (Å²) >= 11 is 5.95. The quantitative estimate of drug-likeness (QED) is 0.200. The van der Waals surface area contributed by atoms with Gasteiger partial charge in [-0.2, -0.15) is 0 Å². The molecule has 194 valence electrons. The van der Waals surface area contributed by atoms with Gasteiger partial charge in [0.1, 0.15) is 17.3 Å². The van der Waals surface area contributed by atoms with Crippen molar-refractivity contribution in [1.29, 1.82) is 0 Å². The van der Waals surface area contributed by atoms with Crippen LogP contribution in [0.4, 0.5) is 0 Å². The molecule has 0 unspecified atom stereocenters. The molecule has 0 aliphatic carbocycles. The Labute approximate surface area is 223 Å². The number of methoxy groups -OCH3 is 1. The Morgan fingerprint density at radius 1 is 0.919 bits per heavy atom. The number of hydrogen-bond donors (Lipinski definition) is 1. The van der Waals surface area contributed by atoms with Gasteiger partial charge in [-0.3, -0.25) is 4.79 Å². The number of halogens is 1. The molecule has 6 nitrogen and oxygen atoms in total. The van der Waals surface area contributed by atoms with Crippen LogP contribution in [0.1, 0.15) is 37.1 Å². The monoisotopic (exact) mass is 519 g/mol. The highest BCUT2D eigenvalue weighted by Crippen LogP contribution is 2.19. The molecule has 1 aromatic heterocycles. The Morgan fingerprint density at radius 3 is 2.46 bits per heavy atom. The summed E-state index contributed by atoms with van der Waals surface area (Å²) in [7, 11) is 1.64. The van der Waals surface area contributed by atoms with E-state index >= 15 is 0 Å². The van der Waals surface area contributed by atoms with E-state index < -0.39 is 0 Å². The van der Waals surface area contributed by atoms with E-state index in [1.165, 1.54) is 0 Å². The number of nitrogens with one attached hydrogen (secondary N) is 1. The number of ether oxygens (including phenoxy) is 2. The molecule has 37 heavy (non-hydrogen) atoms. The van der Waals surface area contributed by atoms with Gasteiger partial charge >= 0.3 is 0 Å². The van der Waals surface area contributed by atoms with Gasteiger partial charge in [-0.1, -0.05) is 42.3 Å². The minimum absolute atomic E-state index is 0.0489. The molecule has 0 saturated heterocycles. The van der Waals surface area contributed by atoms with Crippen LogP contribution in [0.2, 0.25) is 5.02 Å². The Kier molecular flexibility index (Phi) is 9.83. The van der Waals surface area contributed by atoms with Gasteiger partial charge in [-0.25, -0.2) is 4.98 Å². The van der Waals surface area contributed by atoms with Crippen molar-refractivity contribution in [3.63, 3.8) is 0 Å². The first-order valence-electron chi connectivity index (χ1n) is 12.8. The molecule has 0 aliphatic rings. The van der Waals surface area contributed by atoms with Crippen LogP contribution in [0.15, 0.2) is 72.8 Å². The van der Waals surface area contributed by atoms with E-state index in [0.717, 1.165) is 72.6 Å². The van der Waals surface area contributed by atoms with E-state index in [0.29, 0.717) is 24.6 Å². The number of hydrogen-bond acceptors (Lipinski definition) is 4. The average Bonchev–Trinajstić information content (AvgIpc) is 3.27. The fourth-order valence-corrected chi connectivity index (χ4v) is 4.44. The molecule has 3 aromatic carbocycles. The number of carbonyl (C=O) groups is 1. The number of benzene rings is 3. The zero-order valence-electron chi connectivity index (χ0n) is 21.3. The third-order valence-corrected chi connectivity index (χ3v) is 6.52. The normalized spacial score (nSPS) is 11.0. The van der Waals surface area contributed by atoms with E-state index in [1.807, 2.05) is 54.6 Å². The van der Waals surface area contributed by atoms with Gasteiger partial charge in [0, 0.05) is 24.5 Å². The van der Waals surface area contributed by atoms with Crippen molar-refractivity contribution >= 4 is 28.5 Å². The van der Waals surface area contributed by atoms with Crippen molar-refractivity contribution in [3.05, 3.63) is 89.2 Å². The van der Waals surface area contributed by atoms with E-state index in [4.69, 9.17) is 26.1 Å². The summed E-state index contributed by atoms with van der Waals surface area (Å²) in [5.41, 5.74) is 3.17. The highest BCUT2D eigenvalue weighted by atomic mass is 35.5. The van der Waals surface area contributed by atoms with Gasteiger partial charge in [-0.15, -0.1) is 0 Å². The van der Waals surface area contributed by atoms with E-state index in [9.17, 15) is 4.79 Å². The van der Waals surface area contributed by atoms with Crippen LogP contribution in [0.25, 0.3) is 11.0 Å². The van der Waals surface area contributed by atoms with Crippen LogP contribution >= 0.6 is 11.6 Å². The molecular weight excluding hydrogens is 486 g/mol. The molecule has 1 N–H and O–H groups in total. The number of para-hydroxylation sites is 2. The molecular formula is C30H34ClN3O3. The maximum Gasteiger partial charge on any atom is 0.224 e. The molecule has 1 amide bonds. The third kappa shape index (κ3) is 7.99. The second kappa shape index (κ2) is 13.7. The smallest absolute Gasteiger partial charge is 0.224 e. The fourth-order valence-electron chi connectivity index (χ4n) is 4.31. The molecule has 7 heteroatoms. The van der Waals surface area contributed by atoms with Gasteiger partial charge in [-0.05, 0) is 73.4 Å². The molecule has 1 heterocycles. The van der Waals surface area contributed by atoms with Crippen molar-refractivity contribution in [2.24, 2.45) is 0 Å².